The molecule has 0 aliphatic carbocycles. The van der Waals surface area contributed by atoms with Crippen molar-refractivity contribution in [3.63, 3.8) is 0 Å². The summed E-state index contributed by atoms with van der Waals surface area (Å²) in [7, 11) is 0. The van der Waals surface area contributed by atoms with Gasteiger partial charge in [-0.15, -0.1) is 0 Å². The van der Waals surface area contributed by atoms with E-state index >= 15 is 0 Å². The molecule has 9 atom stereocenters. The lowest BCUT2D eigenvalue weighted by Crippen LogP contribution is -2.62. The van der Waals surface area contributed by atoms with Gasteiger partial charge in [0, 0.05) is 6.92 Å². The molecular formula is C18H32O14. The highest BCUT2D eigenvalue weighted by molar-refractivity contribution is 5.85. The van der Waals surface area contributed by atoms with Crippen molar-refractivity contribution in [2.75, 3.05) is 19.8 Å². The van der Waals surface area contributed by atoms with E-state index < -0.39 is 86.6 Å². The third-order valence-electron chi connectivity index (χ3n) is 4.79. The van der Waals surface area contributed by atoms with E-state index in [-0.39, 0.29) is 5.92 Å². The fourth-order valence-corrected chi connectivity index (χ4v) is 2.89. The number of esters is 2. The van der Waals surface area contributed by atoms with Crippen molar-refractivity contribution in [2.24, 2.45) is 5.92 Å². The van der Waals surface area contributed by atoms with Crippen LogP contribution < -0.4 is 0 Å². The summed E-state index contributed by atoms with van der Waals surface area (Å²) in [6.07, 6.45) is -12.7. The van der Waals surface area contributed by atoms with Gasteiger partial charge in [-0.1, -0.05) is 13.8 Å². The lowest BCUT2D eigenvalue weighted by atomic mass is 9.99. The molecule has 0 bridgehead atoms. The van der Waals surface area contributed by atoms with Crippen molar-refractivity contribution < 1.29 is 69.4 Å². The van der Waals surface area contributed by atoms with Crippen LogP contribution in [0.15, 0.2) is 0 Å². The van der Waals surface area contributed by atoms with E-state index in [1.54, 1.807) is 13.8 Å². The molecule has 0 saturated carbocycles. The molecule has 2 aliphatic heterocycles. The first-order valence-electron chi connectivity index (χ1n) is 9.81. The molecule has 0 aromatic rings. The Morgan fingerprint density at radius 1 is 0.906 bits per heavy atom. The summed E-state index contributed by atoms with van der Waals surface area (Å²) in [5.41, 5.74) is 0. The first kappa shape index (κ1) is 28.7. The number of hydrogen-bond acceptors (Lipinski definition) is 14. The zero-order chi connectivity index (χ0) is 24.8. The quantitative estimate of drug-likeness (QED) is 0.134. The fourth-order valence-electron chi connectivity index (χ4n) is 2.89. The number of aliphatic hydroxyl groups is 8. The summed E-state index contributed by atoms with van der Waals surface area (Å²) in [5.74, 6) is -3.47. The smallest absolute Gasteiger partial charge is 0.316 e. The van der Waals surface area contributed by atoms with Crippen molar-refractivity contribution in [2.45, 2.75) is 75.6 Å². The average Bonchev–Trinajstić information content (AvgIpc) is 2.99. The standard InChI is InChI=1S/C12H22O11.C6H10O3/c13-1-4-6(16)8(18)9(19)11(21-4)23-12(3-15)10(20)7(17)5(2-14)22-12;1-4(2)6(8)9-5(3)7/h4-11,13-20H,1-3H2;4H,1-3H3/t4-,5-,6-,7-,8+,9-,10+,11-,12+;/m1./s1. The van der Waals surface area contributed by atoms with E-state index in [1.807, 2.05) is 0 Å². The van der Waals surface area contributed by atoms with Crippen molar-refractivity contribution in [1.29, 1.82) is 0 Å². The van der Waals surface area contributed by atoms with Gasteiger partial charge >= 0.3 is 11.9 Å². The van der Waals surface area contributed by atoms with Crippen molar-refractivity contribution in [3.8, 4) is 0 Å². The van der Waals surface area contributed by atoms with Crippen molar-refractivity contribution in [1.82, 2.24) is 0 Å². The predicted octanol–water partition coefficient (Wildman–Crippen LogP) is -4.66. The van der Waals surface area contributed by atoms with E-state index in [9.17, 15) is 40.2 Å². The van der Waals surface area contributed by atoms with Gasteiger partial charge in [0.25, 0.3) is 0 Å². The molecule has 188 valence electrons. The van der Waals surface area contributed by atoms with Crippen LogP contribution in [0.4, 0.5) is 0 Å². The zero-order valence-corrected chi connectivity index (χ0v) is 17.8. The van der Waals surface area contributed by atoms with Crippen LogP contribution in [0.3, 0.4) is 0 Å². The number of hydrogen-bond donors (Lipinski definition) is 8. The zero-order valence-electron chi connectivity index (χ0n) is 17.8. The van der Waals surface area contributed by atoms with Crippen LogP contribution in [-0.4, -0.2) is 127 Å². The van der Waals surface area contributed by atoms with Gasteiger partial charge in [0.15, 0.2) is 6.29 Å². The molecule has 2 aliphatic rings. The van der Waals surface area contributed by atoms with Crippen LogP contribution in [0, 0.1) is 5.92 Å². The lowest BCUT2D eigenvalue weighted by Gasteiger charge is -2.43. The average molecular weight is 472 g/mol. The van der Waals surface area contributed by atoms with E-state index in [1.165, 1.54) is 6.92 Å². The number of rotatable bonds is 6. The van der Waals surface area contributed by atoms with Gasteiger partial charge in [-0.3, -0.25) is 9.59 Å². The second kappa shape index (κ2) is 12.2. The summed E-state index contributed by atoms with van der Waals surface area (Å²) < 4.78 is 19.7. The topological polar surface area (TPSA) is 233 Å². The number of carbonyl (C=O) groups excluding carboxylic acids is 2. The van der Waals surface area contributed by atoms with Gasteiger partial charge in [0.2, 0.25) is 5.79 Å². The van der Waals surface area contributed by atoms with Crippen LogP contribution in [0.25, 0.3) is 0 Å². The van der Waals surface area contributed by atoms with Crippen LogP contribution in [-0.2, 0) is 28.5 Å². The van der Waals surface area contributed by atoms with Crippen LogP contribution in [0.5, 0.6) is 0 Å². The minimum atomic E-state index is -2.22. The summed E-state index contributed by atoms with van der Waals surface area (Å²) >= 11 is 0. The molecule has 2 rings (SSSR count). The van der Waals surface area contributed by atoms with Gasteiger partial charge in [0.1, 0.15) is 49.3 Å². The molecule has 0 unspecified atom stereocenters. The second-order valence-corrected chi connectivity index (χ2v) is 7.63. The molecule has 0 radical (unpaired) electrons. The molecular weight excluding hydrogens is 440 g/mol. The summed E-state index contributed by atoms with van der Waals surface area (Å²) in [4.78, 5) is 20.6. The molecule has 14 nitrogen and oxygen atoms in total. The third kappa shape index (κ3) is 6.61. The highest BCUT2D eigenvalue weighted by Gasteiger charge is 2.58. The van der Waals surface area contributed by atoms with Gasteiger partial charge in [-0.05, 0) is 0 Å². The number of carbonyl (C=O) groups is 2. The molecule has 0 amide bonds. The Labute approximate surface area is 183 Å². The lowest BCUT2D eigenvalue weighted by molar-refractivity contribution is -0.383. The molecule has 8 N–H and O–H groups in total. The Morgan fingerprint density at radius 2 is 1.47 bits per heavy atom. The fraction of sp³-hybridized carbons (Fsp3) is 0.889. The Hall–Kier alpha value is -1.30. The summed E-state index contributed by atoms with van der Waals surface area (Å²) in [5, 5.41) is 76.7. The monoisotopic (exact) mass is 472 g/mol. The highest BCUT2D eigenvalue weighted by Crippen LogP contribution is 2.35. The van der Waals surface area contributed by atoms with E-state index in [2.05, 4.69) is 4.74 Å². The second-order valence-electron chi connectivity index (χ2n) is 7.63. The van der Waals surface area contributed by atoms with Gasteiger partial charge in [-0.25, -0.2) is 0 Å². The Kier molecular flexibility index (Phi) is 11.0. The first-order valence-corrected chi connectivity index (χ1v) is 9.81. The molecule has 32 heavy (non-hydrogen) atoms. The first-order chi connectivity index (χ1) is 14.8. The van der Waals surface area contributed by atoms with Gasteiger partial charge in [0.05, 0.1) is 19.1 Å². The molecule has 0 spiro atoms. The van der Waals surface area contributed by atoms with E-state index in [0.29, 0.717) is 0 Å². The maximum absolute atomic E-state index is 10.5. The maximum Gasteiger partial charge on any atom is 0.316 e. The molecule has 0 aromatic heterocycles. The minimum absolute atomic E-state index is 0.228. The summed E-state index contributed by atoms with van der Waals surface area (Å²) in [6.45, 7) is 2.23. The maximum atomic E-state index is 10.5. The van der Waals surface area contributed by atoms with Gasteiger partial charge < -0.3 is 59.8 Å². The summed E-state index contributed by atoms with van der Waals surface area (Å²) in [6, 6.07) is 0. The highest BCUT2D eigenvalue weighted by atomic mass is 16.8. The number of ether oxygens (including phenoxy) is 4. The molecule has 2 heterocycles. The van der Waals surface area contributed by atoms with Crippen molar-refractivity contribution in [3.05, 3.63) is 0 Å². The Morgan fingerprint density at radius 3 is 1.84 bits per heavy atom. The Bertz CT molecular complexity index is 612. The molecule has 14 heteroatoms. The van der Waals surface area contributed by atoms with E-state index in [0.717, 1.165) is 0 Å². The Balaban J connectivity index is 0.000000482. The molecule has 0 aromatic carbocycles. The SMILES string of the molecule is CC(=O)OC(=O)C(C)C.OC[C@H]1O[C@@](CO)(O[C@H]2O[C@H](CO)[C@@H](O)[C@H](O)[C@H]2O)[C@@H](O)[C@@H]1O. The third-order valence-corrected chi connectivity index (χ3v) is 4.79. The van der Waals surface area contributed by atoms with E-state index in [4.69, 9.17) is 24.4 Å². The largest absolute Gasteiger partial charge is 0.394 e. The van der Waals surface area contributed by atoms with Crippen LogP contribution >= 0.6 is 0 Å². The normalized spacial score (nSPS) is 39.4. The van der Waals surface area contributed by atoms with Crippen LogP contribution in [0.1, 0.15) is 20.8 Å². The van der Waals surface area contributed by atoms with Crippen molar-refractivity contribution >= 4 is 11.9 Å². The van der Waals surface area contributed by atoms with Crippen LogP contribution in [0.2, 0.25) is 0 Å². The molecule has 2 saturated heterocycles. The number of aliphatic hydroxyl groups excluding tert-OH is 8. The van der Waals surface area contributed by atoms with Gasteiger partial charge in [-0.2, -0.15) is 0 Å². The molecule has 2 fully saturated rings. The minimum Gasteiger partial charge on any atom is -0.394 e. The predicted molar refractivity (Wildman–Crippen MR) is 100 cm³/mol.